The third kappa shape index (κ3) is 5.03. The number of likely N-dealkylation sites (N-methyl/N-ethyl adjacent to an activating group) is 1. The predicted octanol–water partition coefficient (Wildman–Crippen LogP) is 3.64. The molecule has 1 unspecified atom stereocenters. The highest BCUT2D eigenvalue weighted by Crippen LogP contribution is 2.22. The Hall–Kier alpha value is -2.93. The van der Waals surface area contributed by atoms with E-state index in [-0.39, 0.29) is 11.7 Å². The van der Waals surface area contributed by atoms with Gasteiger partial charge in [-0.05, 0) is 39.6 Å². The van der Waals surface area contributed by atoms with Crippen molar-refractivity contribution >= 4 is 17.4 Å². The van der Waals surface area contributed by atoms with Crippen molar-refractivity contribution in [2.24, 2.45) is 0 Å². The molecule has 0 saturated heterocycles. The van der Waals surface area contributed by atoms with Crippen LogP contribution in [0, 0.1) is 24.0 Å². The topological polar surface area (TPSA) is 87.5 Å². The number of nitrogens with one attached hydrogen (secondary N) is 2. The molecule has 2 N–H and O–H groups in total. The summed E-state index contributed by atoms with van der Waals surface area (Å²) in [7, 11) is 3.90. The molecule has 7 nitrogen and oxygen atoms in total. The third-order valence-electron chi connectivity index (χ3n) is 4.21. The van der Waals surface area contributed by atoms with Gasteiger partial charge in [-0.15, -0.1) is 0 Å². The van der Waals surface area contributed by atoms with Crippen LogP contribution in [0.15, 0.2) is 42.5 Å². The summed E-state index contributed by atoms with van der Waals surface area (Å²) in [4.78, 5) is 24.8. The average Bonchev–Trinajstić information content (AvgIpc) is 2.58. The predicted molar refractivity (Wildman–Crippen MR) is 102 cm³/mol. The SMILES string of the molecule is Cc1ccc(C(CNC(=O)Nc2ccc(C)c([N+](=O)[O-])c2)N(C)C)cc1. The molecule has 0 fully saturated rings. The number of aryl methyl sites for hydroxylation is 2. The number of nitrogens with zero attached hydrogens (tertiary/aromatic N) is 2. The van der Waals surface area contributed by atoms with E-state index in [1.807, 2.05) is 50.2 Å². The zero-order valence-electron chi connectivity index (χ0n) is 15.4. The lowest BCUT2D eigenvalue weighted by molar-refractivity contribution is -0.385. The first kappa shape index (κ1) is 19.4. The summed E-state index contributed by atoms with van der Waals surface area (Å²) in [5.41, 5.74) is 3.20. The molecule has 2 aromatic carbocycles. The molecule has 0 radical (unpaired) electrons. The van der Waals surface area contributed by atoms with E-state index in [2.05, 4.69) is 10.6 Å². The van der Waals surface area contributed by atoms with Crippen LogP contribution >= 0.6 is 0 Å². The highest BCUT2D eigenvalue weighted by Gasteiger charge is 2.16. The maximum absolute atomic E-state index is 12.2. The van der Waals surface area contributed by atoms with Crippen molar-refractivity contribution in [1.82, 2.24) is 10.2 Å². The van der Waals surface area contributed by atoms with Crippen molar-refractivity contribution in [2.45, 2.75) is 19.9 Å². The number of anilines is 1. The van der Waals surface area contributed by atoms with Gasteiger partial charge in [0, 0.05) is 23.9 Å². The number of carbonyl (C=O) groups excluding carboxylic acids is 1. The second-order valence-electron chi connectivity index (χ2n) is 6.48. The number of nitro groups is 1. The zero-order chi connectivity index (χ0) is 19.3. The third-order valence-corrected chi connectivity index (χ3v) is 4.21. The maximum atomic E-state index is 12.2. The summed E-state index contributed by atoms with van der Waals surface area (Å²) in [5, 5.41) is 16.5. The Labute approximate surface area is 153 Å². The number of benzene rings is 2. The van der Waals surface area contributed by atoms with E-state index in [4.69, 9.17) is 0 Å². The van der Waals surface area contributed by atoms with E-state index in [1.165, 1.54) is 11.6 Å². The van der Waals surface area contributed by atoms with E-state index in [0.717, 1.165) is 5.56 Å². The quantitative estimate of drug-likeness (QED) is 0.611. The Kier molecular flexibility index (Phi) is 6.30. The van der Waals surface area contributed by atoms with Crippen LogP contribution in [0.25, 0.3) is 0 Å². The van der Waals surface area contributed by atoms with Crippen molar-refractivity contribution in [1.29, 1.82) is 0 Å². The lowest BCUT2D eigenvalue weighted by atomic mass is 10.0. The van der Waals surface area contributed by atoms with Gasteiger partial charge in [0.2, 0.25) is 0 Å². The molecule has 0 aliphatic heterocycles. The minimum absolute atomic E-state index is 0.0198. The molecular formula is C19H24N4O3. The normalized spacial score (nSPS) is 11.9. The van der Waals surface area contributed by atoms with E-state index in [0.29, 0.717) is 17.8 Å². The van der Waals surface area contributed by atoms with Crippen LogP contribution in [-0.4, -0.2) is 36.5 Å². The van der Waals surface area contributed by atoms with Crippen LogP contribution < -0.4 is 10.6 Å². The Morgan fingerprint density at radius 2 is 1.81 bits per heavy atom. The maximum Gasteiger partial charge on any atom is 0.319 e. The first-order chi connectivity index (χ1) is 12.3. The number of nitro benzene ring substituents is 1. The molecular weight excluding hydrogens is 332 g/mol. The Balaban J connectivity index is 2.01. The molecule has 0 spiro atoms. The van der Waals surface area contributed by atoms with Crippen LogP contribution in [0.2, 0.25) is 0 Å². The van der Waals surface area contributed by atoms with Gasteiger partial charge in [0.25, 0.3) is 5.69 Å². The van der Waals surface area contributed by atoms with Crippen molar-refractivity contribution in [3.63, 3.8) is 0 Å². The van der Waals surface area contributed by atoms with Gasteiger partial charge in [-0.2, -0.15) is 0 Å². The first-order valence-electron chi connectivity index (χ1n) is 8.31. The van der Waals surface area contributed by atoms with E-state index in [9.17, 15) is 14.9 Å². The van der Waals surface area contributed by atoms with Crippen molar-refractivity contribution in [3.8, 4) is 0 Å². The molecule has 0 saturated carbocycles. The molecule has 26 heavy (non-hydrogen) atoms. The Bertz CT molecular complexity index is 788. The lowest BCUT2D eigenvalue weighted by Crippen LogP contribution is -2.36. The van der Waals surface area contributed by atoms with Gasteiger partial charge in [0.1, 0.15) is 0 Å². The number of hydrogen-bond donors (Lipinski definition) is 2. The standard InChI is InChI=1S/C19H24N4O3/c1-13-5-8-15(9-6-13)18(22(3)4)12-20-19(24)21-16-10-7-14(2)17(11-16)23(25)26/h5-11,18H,12H2,1-4H3,(H2,20,21,24). The molecule has 0 bridgehead atoms. The number of amides is 2. The molecule has 2 rings (SSSR count). The number of carbonyl (C=O) groups is 1. The first-order valence-corrected chi connectivity index (χ1v) is 8.31. The Morgan fingerprint density at radius 3 is 2.38 bits per heavy atom. The van der Waals surface area contributed by atoms with Crippen molar-refractivity contribution < 1.29 is 9.72 Å². The molecule has 0 aliphatic rings. The second kappa shape index (κ2) is 8.44. The number of hydrogen-bond acceptors (Lipinski definition) is 4. The van der Waals surface area contributed by atoms with Crippen LogP contribution in [0.1, 0.15) is 22.7 Å². The van der Waals surface area contributed by atoms with Crippen LogP contribution in [0.4, 0.5) is 16.2 Å². The van der Waals surface area contributed by atoms with E-state index in [1.54, 1.807) is 19.1 Å². The largest absolute Gasteiger partial charge is 0.336 e. The fourth-order valence-electron chi connectivity index (χ4n) is 2.64. The number of urea groups is 1. The van der Waals surface area contributed by atoms with Gasteiger partial charge < -0.3 is 15.5 Å². The van der Waals surface area contributed by atoms with Gasteiger partial charge in [0.05, 0.1) is 11.0 Å². The minimum atomic E-state index is -0.460. The molecule has 1 atom stereocenters. The van der Waals surface area contributed by atoms with Crippen molar-refractivity contribution in [2.75, 3.05) is 26.0 Å². The van der Waals surface area contributed by atoms with Gasteiger partial charge in [-0.3, -0.25) is 10.1 Å². The van der Waals surface area contributed by atoms with Gasteiger partial charge in [0.15, 0.2) is 0 Å². The fraction of sp³-hybridized carbons (Fsp3) is 0.316. The molecule has 7 heteroatoms. The van der Waals surface area contributed by atoms with Gasteiger partial charge >= 0.3 is 6.03 Å². The monoisotopic (exact) mass is 356 g/mol. The molecule has 2 amide bonds. The molecule has 0 aliphatic carbocycles. The molecule has 2 aromatic rings. The summed E-state index contributed by atoms with van der Waals surface area (Å²) >= 11 is 0. The number of rotatable bonds is 6. The van der Waals surface area contributed by atoms with E-state index < -0.39 is 11.0 Å². The van der Waals surface area contributed by atoms with Crippen LogP contribution in [0.3, 0.4) is 0 Å². The highest BCUT2D eigenvalue weighted by atomic mass is 16.6. The lowest BCUT2D eigenvalue weighted by Gasteiger charge is -2.25. The summed E-state index contributed by atoms with van der Waals surface area (Å²) in [6.07, 6.45) is 0. The van der Waals surface area contributed by atoms with Gasteiger partial charge in [-0.1, -0.05) is 35.9 Å². The summed E-state index contributed by atoms with van der Waals surface area (Å²) in [5.74, 6) is 0. The molecule has 0 heterocycles. The van der Waals surface area contributed by atoms with E-state index >= 15 is 0 Å². The smallest absolute Gasteiger partial charge is 0.319 e. The highest BCUT2D eigenvalue weighted by molar-refractivity contribution is 5.89. The fourth-order valence-corrected chi connectivity index (χ4v) is 2.64. The molecule has 0 aromatic heterocycles. The summed E-state index contributed by atoms with van der Waals surface area (Å²) in [6.45, 7) is 4.10. The van der Waals surface area contributed by atoms with Crippen molar-refractivity contribution in [3.05, 3.63) is 69.3 Å². The van der Waals surface area contributed by atoms with Crippen LogP contribution in [-0.2, 0) is 0 Å². The minimum Gasteiger partial charge on any atom is -0.336 e. The zero-order valence-corrected chi connectivity index (χ0v) is 15.4. The second-order valence-corrected chi connectivity index (χ2v) is 6.48. The van der Waals surface area contributed by atoms with Gasteiger partial charge in [-0.25, -0.2) is 4.79 Å². The van der Waals surface area contributed by atoms with Crippen LogP contribution in [0.5, 0.6) is 0 Å². The molecule has 138 valence electrons. The Morgan fingerprint density at radius 1 is 1.15 bits per heavy atom. The average molecular weight is 356 g/mol. The summed E-state index contributed by atoms with van der Waals surface area (Å²) < 4.78 is 0. The summed E-state index contributed by atoms with van der Waals surface area (Å²) in [6, 6.07) is 12.4.